The van der Waals surface area contributed by atoms with Crippen LogP contribution in [0.4, 0.5) is 11.4 Å². The smallest absolute Gasteiger partial charge is 0.143 e. The van der Waals surface area contributed by atoms with Crippen LogP contribution in [0.1, 0.15) is 0 Å². The fourth-order valence-corrected chi connectivity index (χ4v) is 6.15. The Hall–Kier alpha value is -5.34. The molecule has 0 aliphatic carbocycles. The highest BCUT2D eigenvalue weighted by Gasteiger charge is 2.13. The van der Waals surface area contributed by atoms with Gasteiger partial charge in [-0.3, -0.25) is 0 Å². The first kappa shape index (κ1) is 23.5. The van der Waals surface area contributed by atoms with Crippen LogP contribution >= 0.6 is 0 Å². The van der Waals surface area contributed by atoms with Crippen LogP contribution in [0.3, 0.4) is 0 Å². The van der Waals surface area contributed by atoms with Gasteiger partial charge in [0.25, 0.3) is 0 Å². The van der Waals surface area contributed by atoms with Gasteiger partial charge in [0.05, 0.1) is 0 Å². The fourth-order valence-electron chi connectivity index (χ4n) is 6.15. The molecule has 0 N–H and O–H groups in total. The van der Waals surface area contributed by atoms with Crippen molar-refractivity contribution in [2.45, 2.75) is 0 Å². The molecule has 8 aromatic rings. The molecule has 194 valence electrons. The van der Waals surface area contributed by atoms with Crippen LogP contribution in [0.2, 0.25) is 0 Å². The topological polar surface area (TPSA) is 16.4 Å². The lowest BCUT2D eigenvalue weighted by Gasteiger charge is -2.20. The van der Waals surface area contributed by atoms with E-state index in [1.54, 1.807) is 0 Å². The molecule has 0 amide bonds. The molecule has 7 aromatic carbocycles. The van der Waals surface area contributed by atoms with Crippen LogP contribution in [-0.4, -0.2) is 7.05 Å². The van der Waals surface area contributed by atoms with Gasteiger partial charge in [-0.1, -0.05) is 109 Å². The highest BCUT2D eigenvalue weighted by molar-refractivity contribution is 6.14. The standard InChI is InChI=1S/C39H27NO/c1-40(29-21-17-26(18-22-29)32-14-8-15-36-35-13-6-7-16-38(35)41-39(32)36)30-23-19-27(20-24-30)37-25-28-9-2-3-10-31(28)33-11-4-5-12-34(33)37/h2-25H,1H3. The van der Waals surface area contributed by atoms with E-state index >= 15 is 0 Å². The summed E-state index contributed by atoms with van der Waals surface area (Å²) in [7, 11) is 2.12. The number of benzene rings is 7. The van der Waals surface area contributed by atoms with Gasteiger partial charge < -0.3 is 9.32 Å². The molecule has 0 atom stereocenters. The zero-order valence-corrected chi connectivity index (χ0v) is 22.7. The number of para-hydroxylation sites is 2. The average Bonchev–Trinajstić information content (AvgIpc) is 3.43. The van der Waals surface area contributed by atoms with Gasteiger partial charge >= 0.3 is 0 Å². The average molecular weight is 526 g/mol. The summed E-state index contributed by atoms with van der Waals surface area (Å²) in [5.41, 5.74) is 8.87. The summed E-state index contributed by atoms with van der Waals surface area (Å²) >= 11 is 0. The molecule has 0 bridgehead atoms. The largest absolute Gasteiger partial charge is 0.455 e. The van der Waals surface area contributed by atoms with Gasteiger partial charge in [0.2, 0.25) is 0 Å². The van der Waals surface area contributed by atoms with E-state index in [0.717, 1.165) is 44.4 Å². The Morgan fingerprint density at radius 3 is 1.73 bits per heavy atom. The minimum atomic E-state index is 0.923. The highest BCUT2D eigenvalue weighted by Crippen LogP contribution is 2.38. The Morgan fingerprint density at radius 2 is 1.00 bits per heavy atom. The molecule has 2 nitrogen and oxygen atoms in total. The molecule has 0 saturated carbocycles. The van der Waals surface area contributed by atoms with Crippen LogP contribution < -0.4 is 4.90 Å². The van der Waals surface area contributed by atoms with E-state index in [4.69, 9.17) is 4.42 Å². The Morgan fingerprint density at radius 1 is 0.439 bits per heavy atom. The molecular formula is C39H27NO. The number of rotatable bonds is 4. The SMILES string of the molecule is CN(c1ccc(-c2cc3ccccc3c3ccccc23)cc1)c1ccc(-c2cccc3c2oc2ccccc23)cc1. The highest BCUT2D eigenvalue weighted by atomic mass is 16.3. The van der Waals surface area contributed by atoms with Crippen molar-refractivity contribution >= 4 is 54.9 Å². The molecule has 0 radical (unpaired) electrons. The van der Waals surface area contributed by atoms with Crippen molar-refractivity contribution in [2.24, 2.45) is 0 Å². The van der Waals surface area contributed by atoms with Gasteiger partial charge in [-0.05, 0) is 74.6 Å². The zero-order valence-electron chi connectivity index (χ0n) is 22.7. The minimum Gasteiger partial charge on any atom is -0.455 e. The number of anilines is 2. The Labute approximate surface area is 238 Å². The van der Waals surface area contributed by atoms with Crippen molar-refractivity contribution in [3.8, 4) is 22.3 Å². The lowest BCUT2D eigenvalue weighted by Crippen LogP contribution is -2.09. The van der Waals surface area contributed by atoms with E-state index in [9.17, 15) is 0 Å². The van der Waals surface area contributed by atoms with E-state index in [-0.39, 0.29) is 0 Å². The van der Waals surface area contributed by atoms with E-state index in [2.05, 4.69) is 145 Å². The van der Waals surface area contributed by atoms with Crippen LogP contribution in [0.25, 0.3) is 65.7 Å². The fraction of sp³-hybridized carbons (Fsp3) is 0.0256. The van der Waals surface area contributed by atoms with Crippen molar-refractivity contribution < 1.29 is 4.42 Å². The number of hydrogen-bond acceptors (Lipinski definition) is 2. The lowest BCUT2D eigenvalue weighted by atomic mass is 9.93. The molecular weight excluding hydrogens is 498 g/mol. The van der Waals surface area contributed by atoms with Gasteiger partial charge in [-0.2, -0.15) is 0 Å². The van der Waals surface area contributed by atoms with Crippen molar-refractivity contribution in [1.82, 2.24) is 0 Å². The minimum absolute atomic E-state index is 0.923. The third kappa shape index (κ3) is 3.88. The first-order valence-electron chi connectivity index (χ1n) is 14.0. The molecule has 0 unspecified atom stereocenters. The van der Waals surface area contributed by atoms with Crippen molar-refractivity contribution in [2.75, 3.05) is 11.9 Å². The van der Waals surface area contributed by atoms with Gasteiger partial charge in [0.1, 0.15) is 11.2 Å². The number of hydrogen-bond donors (Lipinski definition) is 0. The van der Waals surface area contributed by atoms with Crippen molar-refractivity contribution in [1.29, 1.82) is 0 Å². The van der Waals surface area contributed by atoms with Crippen molar-refractivity contribution in [3.63, 3.8) is 0 Å². The van der Waals surface area contributed by atoms with Crippen LogP contribution in [0.5, 0.6) is 0 Å². The quantitative estimate of drug-likeness (QED) is 0.212. The molecule has 0 fully saturated rings. The molecule has 0 saturated heterocycles. The Kier molecular flexibility index (Phi) is 5.39. The molecule has 0 spiro atoms. The summed E-state index contributed by atoms with van der Waals surface area (Å²) < 4.78 is 6.27. The van der Waals surface area contributed by atoms with Gasteiger partial charge in [0.15, 0.2) is 0 Å². The molecule has 41 heavy (non-hydrogen) atoms. The maximum absolute atomic E-state index is 6.27. The zero-order chi connectivity index (χ0) is 27.3. The summed E-state index contributed by atoms with van der Waals surface area (Å²) in [5.74, 6) is 0. The molecule has 0 aliphatic rings. The molecule has 8 rings (SSSR count). The van der Waals surface area contributed by atoms with Crippen molar-refractivity contribution in [3.05, 3.63) is 146 Å². The second-order valence-electron chi connectivity index (χ2n) is 10.6. The third-order valence-corrected chi connectivity index (χ3v) is 8.30. The third-order valence-electron chi connectivity index (χ3n) is 8.30. The van der Waals surface area contributed by atoms with Gasteiger partial charge in [-0.15, -0.1) is 0 Å². The van der Waals surface area contributed by atoms with Gasteiger partial charge in [0, 0.05) is 34.8 Å². The second-order valence-corrected chi connectivity index (χ2v) is 10.6. The first-order valence-corrected chi connectivity index (χ1v) is 14.0. The monoisotopic (exact) mass is 525 g/mol. The summed E-state index contributed by atoms with van der Waals surface area (Å²) in [6, 6.07) is 51.9. The summed E-state index contributed by atoms with van der Waals surface area (Å²) in [6.45, 7) is 0. The molecule has 2 heteroatoms. The van der Waals surface area contributed by atoms with E-state index < -0.39 is 0 Å². The Balaban J connectivity index is 1.11. The molecule has 1 aromatic heterocycles. The number of furan rings is 1. The second kappa shape index (κ2) is 9.39. The van der Waals surface area contributed by atoms with Crippen LogP contribution in [0.15, 0.2) is 150 Å². The summed E-state index contributed by atoms with van der Waals surface area (Å²) in [4.78, 5) is 2.23. The normalized spacial score (nSPS) is 11.5. The predicted octanol–water partition coefficient (Wildman–Crippen LogP) is 11.0. The predicted molar refractivity (Wildman–Crippen MR) is 174 cm³/mol. The summed E-state index contributed by atoms with van der Waals surface area (Å²) in [6.07, 6.45) is 0. The molecule has 0 aliphatic heterocycles. The van der Waals surface area contributed by atoms with Crippen LogP contribution in [-0.2, 0) is 0 Å². The summed E-state index contributed by atoms with van der Waals surface area (Å²) in [5, 5.41) is 7.44. The maximum atomic E-state index is 6.27. The van der Waals surface area contributed by atoms with E-state index in [1.165, 1.54) is 32.7 Å². The Bertz CT molecular complexity index is 2200. The van der Waals surface area contributed by atoms with Crippen LogP contribution in [0, 0.1) is 0 Å². The number of nitrogens with zero attached hydrogens (tertiary/aromatic N) is 1. The number of fused-ring (bicyclic) bond motifs is 6. The first-order chi connectivity index (χ1) is 20.2. The van der Waals surface area contributed by atoms with E-state index in [0.29, 0.717) is 0 Å². The van der Waals surface area contributed by atoms with E-state index in [1.807, 2.05) is 12.1 Å². The van der Waals surface area contributed by atoms with Gasteiger partial charge in [-0.25, -0.2) is 0 Å². The maximum Gasteiger partial charge on any atom is 0.143 e. The molecule has 1 heterocycles. The lowest BCUT2D eigenvalue weighted by molar-refractivity contribution is 0.670.